The standard InChI is InChI=1S/C20H24ClN5O2S/c1-13-23-17(9-29-13)19(28)26-8-14-7-25(11-20(14,12-26)10-24(2)3)18(27)16-5-4-15(21)6-22-16/h4-6,9,14H,7-8,10-12H2,1-3H3. The van der Waals surface area contributed by atoms with E-state index in [9.17, 15) is 9.59 Å². The van der Waals surface area contributed by atoms with Gasteiger partial charge in [0.2, 0.25) is 0 Å². The van der Waals surface area contributed by atoms with Gasteiger partial charge in [0.15, 0.2) is 0 Å². The first-order valence-corrected chi connectivity index (χ1v) is 10.8. The number of hydrogen-bond acceptors (Lipinski definition) is 6. The lowest BCUT2D eigenvalue weighted by atomic mass is 9.80. The third kappa shape index (κ3) is 3.89. The zero-order valence-corrected chi connectivity index (χ0v) is 18.3. The van der Waals surface area contributed by atoms with Crippen molar-refractivity contribution in [2.75, 3.05) is 46.8 Å². The van der Waals surface area contributed by atoms with Crippen LogP contribution in [0, 0.1) is 18.3 Å². The van der Waals surface area contributed by atoms with Crippen molar-refractivity contribution in [3.63, 3.8) is 0 Å². The second-order valence-electron chi connectivity index (χ2n) is 8.28. The van der Waals surface area contributed by atoms with Crippen molar-refractivity contribution in [3.05, 3.63) is 45.1 Å². The number of carbonyl (C=O) groups excluding carboxylic acids is 2. The molecule has 2 atom stereocenters. The maximum Gasteiger partial charge on any atom is 0.273 e. The largest absolute Gasteiger partial charge is 0.336 e. The van der Waals surface area contributed by atoms with Gasteiger partial charge < -0.3 is 14.7 Å². The van der Waals surface area contributed by atoms with Gasteiger partial charge in [0.05, 0.1) is 10.0 Å². The zero-order chi connectivity index (χ0) is 20.8. The van der Waals surface area contributed by atoms with Crippen LogP contribution in [0.2, 0.25) is 5.02 Å². The van der Waals surface area contributed by atoms with E-state index in [-0.39, 0.29) is 23.1 Å². The summed E-state index contributed by atoms with van der Waals surface area (Å²) in [7, 11) is 4.07. The smallest absolute Gasteiger partial charge is 0.273 e. The first-order chi connectivity index (χ1) is 13.8. The summed E-state index contributed by atoms with van der Waals surface area (Å²) in [5.74, 6) is 0.131. The Morgan fingerprint density at radius 1 is 1.21 bits per heavy atom. The molecule has 2 aliphatic rings. The molecule has 0 spiro atoms. The fourth-order valence-electron chi connectivity index (χ4n) is 4.63. The number of rotatable bonds is 4. The van der Waals surface area contributed by atoms with Crippen molar-refractivity contribution in [1.29, 1.82) is 0 Å². The topological polar surface area (TPSA) is 69.6 Å². The molecule has 2 unspecified atom stereocenters. The molecule has 0 aromatic carbocycles. The van der Waals surface area contributed by atoms with E-state index in [0.717, 1.165) is 11.6 Å². The molecule has 9 heteroatoms. The summed E-state index contributed by atoms with van der Waals surface area (Å²) in [6.07, 6.45) is 1.50. The highest BCUT2D eigenvalue weighted by Crippen LogP contribution is 2.43. The van der Waals surface area contributed by atoms with Crippen LogP contribution in [0.25, 0.3) is 0 Å². The quantitative estimate of drug-likeness (QED) is 0.739. The highest BCUT2D eigenvalue weighted by Gasteiger charge is 2.54. The number of nitrogens with zero attached hydrogens (tertiary/aromatic N) is 5. The van der Waals surface area contributed by atoms with Gasteiger partial charge in [-0.2, -0.15) is 0 Å². The molecule has 2 saturated heterocycles. The number of carbonyl (C=O) groups is 2. The van der Waals surface area contributed by atoms with Crippen molar-refractivity contribution in [1.82, 2.24) is 24.7 Å². The summed E-state index contributed by atoms with van der Waals surface area (Å²) in [5, 5.41) is 3.23. The van der Waals surface area contributed by atoms with Gasteiger partial charge in [0.25, 0.3) is 11.8 Å². The third-order valence-corrected chi connectivity index (χ3v) is 6.75. The minimum atomic E-state index is -0.147. The van der Waals surface area contributed by atoms with E-state index >= 15 is 0 Å². The maximum absolute atomic E-state index is 13.0. The number of pyridine rings is 1. The molecule has 0 aliphatic carbocycles. The summed E-state index contributed by atoms with van der Waals surface area (Å²) >= 11 is 7.39. The number of halogens is 1. The summed E-state index contributed by atoms with van der Waals surface area (Å²) in [6, 6.07) is 3.35. The normalized spacial score (nSPS) is 23.7. The van der Waals surface area contributed by atoms with Crippen LogP contribution in [0.15, 0.2) is 23.7 Å². The van der Waals surface area contributed by atoms with Crippen LogP contribution in [0.4, 0.5) is 0 Å². The Kier molecular flexibility index (Phi) is 5.35. The summed E-state index contributed by atoms with van der Waals surface area (Å²) in [6.45, 7) is 5.22. The molecular weight excluding hydrogens is 410 g/mol. The van der Waals surface area contributed by atoms with Gasteiger partial charge in [-0.25, -0.2) is 9.97 Å². The highest BCUT2D eigenvalue weighted by molar-refractivity contribution is 7.09. The van der Waals surface area contributed by atoms with Crippen LogP contribution in [-0.2, 0) is 0 Å². The van der Waals surface area contributed by atoms with E-state index in [0.29, 0.717) is 42.6 Å². The van der Waals surface area contributed by atoms with Gasteiger partial charge in [0.1, 0.15) is 11.4 Å². The predicted molar refractivity (Wildman–Crippen MR) is 112 cm³/mol. The molecule has 2 aromatic rings. The number of thiazole rings is 1. The Morgan fingerprint density at radius 2 is 1.86 bits per heavy atom. The average molecular weight is 434 g/mol. The second-order valence-corrected chi connectivity index (χ2v) is 9.78. The van der Waals surface area contributed by atoms with E-state index in [1.54, 1.807) is 12.1 Å². The maximum atomic E-state index is 13.0. The molecule has 0 bridgehead atoms. The molecule has 4 rings (SSSR count). The lowest BCUT2D eigenvalue weighted by Crippen LogP contribution is -2.43. The number of likely N-dealkylation sites (tertiary alicyclic amines) is 2. The minimum Gasteiger partial charge on any atom is -0.336 e. The van der Waals surface area contributed by atoms with Gasteiger partial charge in [-0.15, -0.1) is 11.3 Å². The van der Waals surface area contributed by atoms with Crippen molar-refractivity contribution < 1.29 is 9.59 Å². The Hall–Kier alpha value is -2.03. The number of aryl methyl sites for hydroxylation is 1. The first-order valence-electron chi connectivity index (χ1n) is 9.54. The van der Waals surface area contributed by atoms with Crippen molar-refractivity contribution in [2.24, 2.45) is 11.3 Å². The van der Waals surface area contributed by atoms with Crippen molar-refractivity contribution >= 4 is 34.8 Å². The molecule has 4 heterocycles. The fraction of sp³-hybridized carbons (Fsp3) is 0.500. The van der Waals surface area contributed by atoms with E-state index in [4.69, 9.17) is 11.6 Å². The Labute approximate surface area is 179 Å². The summed E-state index contributed by atoms with van der Waals surface area (Å²) in [5.41, 5.74) is 0.776. The summed E-state index contributed by atoms with van der Waals surface area (Å²) in [4.78, 5) is 40.4. The lowest BCUT2D eigenvalue weighted by Gasteiger charge is -2.32. The number of hydrogen-bond donors (Lipinski definition) is 0. The van der Waals surface area contributed by atoms with Crippen LogP contribution in [0.3, 0.4) is 0 Å². The van der Waals surface area contributed by atoms with Gasteiger partial charge >= 0.3 is 0 Å². The first kappa shape index (κ1) is 20.3. The predicted octanol–water partition coefficient (Wildman–Crippen LogP) is 2.28. The Bertz CT molecular complexity index is 931. The van der Waals surface area contributed by atoms with Crippen LogP contribution >= 0.6 is 22.9 Å². The molecule has 0 radical (unpaired) electrons. The molecule has 7 nitrogen and oxygen atoms in total. The SMILES string of the molecule is Cc1nc(C(=O)N2CC3CN(C(=O)c4ccc(Cl)cn4)CC3(CN(C)C)C2)cs1. The monoisotopic (exact) mass is 433 g/mol. The summed E-state index contributed by atoms with van der Waals surface area (Å²) < 4.78 is 0. The molecule has 0 saturated carbocycles. The molecule has 2 aromatic heterocycles. The van der Waals surface area contributed by atoms with Crippen molar-refractivity contribution in [3.8, 4) is 0 Å². The zero-order valence-electron chi connectivity index (χ0n) is 16.8. The average Bonchev–Trinajstić information content (AvgIpc) is 3.32. The van der Waals surface area contributed by atoms with Gasteiger partial charge in [0, 0.05) is 55.6 Å². The molecular formula is C20H24ClN5O2S. The van der Waals surface area contributed by atoms with Gasteiger partial charge in [-0.05, 0) is 33.2 Å². The number of fused-ring (bicyclic) bond motifs is 1. The van der Waals surface area contributed by atoms with Gasteiger partial charge in [-0.3, -0.25) is 9.59 Å². The molecule has 29 heavy (non-hydrogen) atoms. The second kappa shape index (κ2) is 7.66. The molecule has 2 aliphatic heterocycles. The van der Waals surface area contributed by atoms with E-state index < -0.39 is 0 Å². The van der Waals surface area contributed by atoms with E-state index in [1.807, 2.05) is 36.2 Å². The number of amides is 2. The molecule has 0 N–H and O–H groups in total. The van der Waals surface area contributed by atoms with Crippen LogP contribution in [0.1, 0.15) is 26.0 Å². The van der Waals surface area contributed by atoms with E-state index in [2.05, 4.69) is 14.9 Å². The van der Waals surface area contributed by atoms with Crippen LogP contribution < -0.4 is 0 Å². The highest BCUT2D eigenvalue weighted by atomic mass is 35.5. The van der Waals surface area contributed by atoms with Crippen LogP contribution in [-0.4, -0.2) is 83.3 Å². The van der Waals surface area contributed by atoms with E-state index in [1.165, 1.54) is 17.5 Å². The minimum absolute atomic E-state index is 0.0147. The Balaban J connectivity index is 1.53. The lowest BCUT2D eigenvalue weighted by molar-refractivity contribution is 0.0695. The fourth-order valence-corrected chi connectivity index (χ4v) is 5.33. The Morgan fingerprint density at radius 3 is 2.38 bits per heavy atom. The van der Waals surface area contributed by atoms with Gasteiger partial charge in [-0.1, -0.05) is 11.6 Å². The van der Waals surface area contributed by atoms with Crippen LogP contribution in [0.5, 0.6) is 0 Å². The molecule has 154 valence electrons. The molecule has 2 fully saturated rings. The van der Waals surface area contributed by atoms with Crippen molar-refractivity contribution in [2.45, 2.75) is 6.92 Å². The number of aromatic nitrogens is 2. The third-order valence-electron chi connectivity index (χ3n) is 5.75. The molecule has 2 amide bonds.